The molecule has 0 bridgehead atoms. The highest BCUT2D eigenvalue weighted by molar-refractivity contribution is 6.07. The number of amides is 2. The Bertz CT molecular complexity index is 1020. The van der Waals surface area contributed by atoms with Crippen molar-refractivity contribution in [3.05, 3.63) is 64.2 Å². The molecule has 25 heavy (non-hydrogen) atoms. The standard InChI is InChI=1S/C19H17FN2O3/c1-9-5-4-6-13-10(2)17(25-16(9)13)19(24)22-15-8-12(18(21)23)7-14(20)11(15)3/h4-8H,1-3H3,(H2,21,23)(H,22,24). The lowest BCUT2D eigenvalue weighted by Gasteiger charge is -2.10. The highest BCUT2D eigenvalue weighted by Gasteiger charge is 2.20. The summed E-state index contributed by atoms with van der Waals surface area (Å²) in [6.07, 6.45) is 0. The Morgan fingerprint density at radius 1 is 1.12 bits per heavy atom. The molecule has 6 heteroatoms. The Hall–Kier alpha value is -3.15. The molecule has 0 saturated carbocycles. The summed E-state index contributed by atoms with van der Waals surface area (Å²) in [4.78, 5) is 23.9. The van der Waals surface area contributed by atoms with Gasteiger partial charge in [-0.2, -0.15) is 0 Å². The molecule has 0 saturated heterocycles. The van der Waals surface area contributed by atoms with Crippen LogP contribution in [0.2, 0.25) is 0 Å². The van der Waals surface area contributed by atoms with E-state index in [1.54, 1.807) is 6.92 Å². The van der Waals surface area contributed by atoms with Crippen LogP contribution in [0.1, 0.15) is 37.6 Å². The van der Waals surface area contributed by atoms with E-state index in [9.17, 15) is 14.0 Å². The molecule has 3 rings (SSSR count). The quantitative estimate of drug-likeness (QED) is 0.759. The largest absolute Gasteiger partial charge is 0.450 e. The number of aryl methyl sites for hydroxylation is 2. The van der Waals surface area contributed by atoms with Crippen LogP contribution in [0, 0.1) is 26.6 Å². The fourth-order valence-electron chi connectivity index (χ4n) is 2.73. The molecular formula is C19H17FN2O3. The van der Waals surface area contributed by atoms with Crippen molar-refractivity contribution in [2.24, 2.45) is 5.73 Å². The lowest BCUT2D eigenvalue weighted by molar-refractivity contribution is 0.0988. The van der Waals surface area contributed by atoms with Gasteiger partial charge in [0.25, 0.3) is 5.91 Å². The lowest BCUT2D eigenvalue weighted by Crippen LogP contribution is -2.16. The summed E-state index contributed by atoms with van der Waals surface area (Å²) in [7, 11) is 0. The van der Waals surface area contributed by atoms with E-state index in [-0.39, 0.29) is 22.6 Å². The highest BCUT2D eigenvalue weighted by atomic mass is 19.1. The van der Waals surface area contributed by atoms with Gasteiger partial charge in [0.05, 0.1) is 0 Å². The zero-order valence-electron chi connectivity index (χ0n) is 14.1. The molecule has 0 spiro atoms. The van der Waals surface area contributed by atoms with E-state index < -0.39 is 17.6 Å². The Balaban J connectivity index is 2.02. The number of nitrogens with two attached hydrogens (primary N) is 1. The predicted molar refractivity (Wildman–Crippen MR) is 93.3 cm³/mol. The number of furan rings is 1. The van der Waals surface area contributed by atoms with Gasteiger partial charge in [-0.1, -0.05) is 18.2 Å². The highest BCUT2D eigenvalue weighted by Crippen LogP contribution is 2.29. The Labute approximate surface area is 143 Å². The lowest BCUT2D eigenvalue weighted by atomic mass is 10.1. The third-order valence-corrected chi connectivity index (χ3v) is 4.24. The molecule has 2 amide bonds. The molecule has 0 radical (unpaired) electrons. The van der Waals surface area contributed by atoms with Crippen LogP contribution >= 0.6 is 0 Å². The van der Waals surface area contributed by atoms with Crippen LogP contribution in [0.5, 0.6) is 0 Å². The second kappa shape index (κ2) is 6.05. The van der Waals surface area contributed by atoms with Crippen LogP contribution < -0.4 is 11.1 Å². The van der Waals surface area contributed by atoms with E-state index in [1.807, 2.05) is 25.1 Å². The van der Waals surface area contributed by atoms with Gasteiger partial charge in [0.15, 0.2) is 5.76 Å². The number of halogens is 1. The number of carbonyl (C=O) groups is 2. The van der Waals surface area contributed by atoms with E-state index in [2.05, 4.69) is 5.32 Å². The van der Waals surface area contributed by atoms with E-state index in [0.29, 0.717) is 11.1 Å². The summed E-state index contributed by atoms with van der Waals surface area (Å²) in [6.45, 7) is 5.18. The number of nitrogens with one attached hydrogen (secondary N) is 1. The molecule has 5 nitrogen and oxygen atoms in total. The number of fused-ring (bicyclic) bond motifs is 1. The minimum absolute atomic E-state index is 0.0180. The van der Waals surface area contributed by atoms with E-state index >= 15 is 0 Å². The summed E-state index contributed by atoms with van der Waals surface area (Å²) in [5.41, 5.74) is 7.82. The van der Waals surface area contributed by atoms with Crippen LogP contribution in [0.15, 0.2) is 34.7 Å². The van der Waals surface area contributed by atoms with Crippen LogP contribution in [0.25, 0.3) is 11.0 Å². The maximum Gasteiger partial charge on any atom is 0.291 e. The van der Waals surface area contributed by atoms with Gasteiger partial charge >= 0.3 is 0 Å². The normalized spacial score (nSPS) is 10.9. The van der Waals surface area contributed by atoms with Crippen molar-refractivity contribution < 1.29 is 18.4 Å². The Morgan fingerprint density at radius 3 is 2.48 bits per heavy atom. The first kappa shape index (κ1) is 16.7. The number of rotatable bonds is 3. The molecule has 1 aromatic heterocycles. The van der Waals surface area contributed by atoms with Gasteiger partial charge in [-0.3, -0.25) is 9.59 Å². The van der Waals surface area contributed by atoms with Crippen molar-refractivity contribution in [3.63, 3.8) is 0 Å². The van der Waals surface area contributed by atoms with E-state index in [0.717, 1.165) is 17.0 Å². The molecule has 0 atom stereocenters. The summed E-state index contributed by atoms with van der Waals surface area (Å²) >= 11 is 0. The maximum absolute atomic E-state index is 14.0. The third kappa shape index (κ3) is 2.87. The molecule has 0 aliphatic heterocycles. The zero-order chi connectivity index (χ0) is 18.3. The summed E-state index contributed by atoms with van der Waals surface area (Å²) < 4.78 is 19.7. The molecule has 1 heterocycles. The average molecular weight is 340 g/mol. The molecule has 0 fully saturated rings. The SMILES string of the molecule is Cc1c(F)cc(C(N)=O)cc1NC(=O)c1oc2c(C)cccc2c1C. The summed E-state index contributed by atoms with van der Waals surface area (Å²) in [5, 5.41) is 3.45. The molecular weight excluding hydrogens is 323 g/mol. The topological polar surface area (TPSA) is 85.3 Å². The van der Waals surface area contributed by atoms with Gasteiger partial charge in [-0.15, -0.1) is 0 Å². The first-order chi connectivity index (χ1) is 11.8. The molecule has 2 aromatic carbocycles. The van der Waals surface area contributed by atoms with Gasteiger partial charge in [0.2, 0.25) is 5.91 Å². The number of hydrogen-bond donors (Lipinski definition) is 2. The minimum atomic E-state index is -0.773. The second-order valence-electron chi connectivity index (χ2n) is 5.96. The van der Waals surface area contributed by atoms with Crippen LogP contribution in [-0.2, 0) is 0 Å². The molecule has 128 valence electrons. The first-order valence-corrected chi connectivity index (χ1v) is 7.69. The molecule has 3 N–H and O–H groups in total. The number of benzene rings is 2. The third-order valence-electron chi connectivity index (χ3n) is 4.24. The van der Waals surface area contributed by atoms with Gasteiger partial charge in [-0.05, 0) is 38.5 Å². The molecule has 0 unspecified atom stereocenters. The first-order valence-electron chi connectivity index (χ1n) is 7.69. The fourth-order valence-corrected chi connectivity index (χ4v) is 2.73. The summed E-state index contributed by atoms with van der Waals surface area (Å²) in [6, 6.07) is 8.04. The van der Waals surface area contributed by atoms with Crippen LogP contribution in [0.3, 0.4) is 0 Å². The van der Waals surface area contributed by atoms with Gasteiger partial charge in [0, 0.05) is 27.8 Å². The smallest absolute Gasteiger partial charge is 0.291 e. The van der Waals surface area contributed by atoms with Crippen molar-refractivity contribution in [2.45, 2.75) is 20.8 Å². The second-order valence-corrected chi connectivity index (χ2v) is 5.96. The van der Waals surface area contributed by atoms with Crippen LogP contribution in [0.4, 0.5) is 10.1 Å². The fraction of sp³-hybridized carbons (Fsp3) is 0.158. The average Bonchev–Trinajstić information content (AvgIpc) is 2.90. The van der Waals surface area contributed by atoms with Gasteiger partial charge < -0.3 is 15.5 Å². The molecule has 0 aliphatic carbocycles. The van der Waals surface area contributed by atoms with Crippen molar-refractivity contribution in [1.29, 1.82) is 0 Å². The summed E-state index contributed by atoms with van der Waals surface area (Å²) in [5.74, 6) is -1.76. The number of hydrogen-bond acceptors (Lipinski definition) is 3. The van der Waals surface area contributed by atoms with Crippen LogP contribution in [-0.4, -0.2) is 11.8 Å². The van der Waals surface area contributed by atoms with Crippen molar-refractivity contribution in [3.8, 4) is 0 Å². The molecule has 0 aliphatic rings. The maximum atomic E-state index is 14.0. The monoisotopic (exact) mass is 340 g/mol. The number of anilines is 1. The van der Waals surface area contributed by atoms with Crippen molar-refractivity contribution in [1.82, 2.24) is 0 Å². The van der Waals surface area contributed by atoms with E-state index in [4.69, 9.17) is 10.2 Å². The minimum Gasteiger partial charge on any atom is -0.450 e. The Morgan fingerprint density at radius 2 is 1.84 bits per heavy atom. The molecule has 3 aromatic rings. The predicted octanol–water partition coefficient (Wildman–Crippen LogP) is 3.85. The van der Waals surface area contributed by atoms with Crippen molar-refractivity contribution in [2.75, 3.05) is 5.32 Å². The number of carbonyl (C=O) groups excluding carboxylic acids is 2. The van der Waals surface area contributed by atoms with Gasteiger partial charge in [0.1, 0.15) is 11.4 Å². The Kier molecular flexibility index (Phi) is 4.04. The number of primary amides is 1. The van der Waals surface area contributed by atoms with E-state index in [1.165, 1.54) is 13.0 Å². The number of para-hydroxylation sites is 1. The van der Waals surface area contributed by atoms with Gasteiger partial charge in [-0.25, -0.2) is 4.39 Å². The zero-order valence-corrected chi connectivity index (χ0v) is 14.1. The van der Waals surface area contributed by atoms with Crippen molar-refractivity contribution >= 4 is 28.5 Å².